The van der Waals surface area contributed by atoms with Crippen molar-refractivity contribution in [2.45, 2.75) is 12.8 Å². The van der Waals surface area contributed by atoms with Gasteiger partial charge in [-0.2, -0.15) is 0 Å². The first-order valence-electron chi connectivity index (χ1n) is 5.96. The van der Waals surface area contributed by atoms with Crippen molar-refractivity contribution in [3.8, 4) is 0 Å². The van der Waals surface area contributed by atoms with E-state index in [-0.39, 0.29) is 5.92 Å². The molecule has 0 unspecified atom stereocenters. The van der Waals surface area contributed by atoms with Crippen LogP contribution in [0.1, 0.15) is 18.6 Å². The lowest BCUT2D eigenvalue weighted by atomic mass is 10.0. The largest absolute Gasteiger partial charge is 0.465 e. The van der Waals surface area contributed by atoms with E-state index in [4.69, 9.17) is 13.9 Å². The molecule has 0 N–H and O–H groups in total. The molecule has 2 aliphatic rings. The van der Waals surface area contributed by atoms with E-state index < -0.39 is 5.97 Å². The van der Waals surface area contributed by atoms with E-state index >= 15 is 0 Å². The number of aliphatic imine (C=N–C) groups is 1. The summed E-state index contributed by atoms with van der Waals surface area (Å²) in [5, 5.41) is 0. The summed E-state index contributed by atoms with van der Waals surface area (Å²) in [7, 11) is 0. The zero-order chi connectivity index (χ0) is 12.4. The van der Waals surface area contributed by atoms with Crippen LogP contribution in [0.15, 0.2) is 33.5 Å². The van der Waals surface area contributed by atoms with Crippen molar-refractivity contribution >= 4 is 17.9 Å². The van der Waals surface area contributed by atoms with E-state index in [0.717, 1.165) is 12.8 Å². The van der Waals surface area contributed by atoms with E-state index in [1.807, 2.05) is 0 Å². The van der Waals surface area contributed by atoms with E-state index in [2.05, 4.69) is 4.99 Å². The maximum absolute atomic E-state index is 11.7. The smallest absolute Gasteiger partial charge is 0.363 e. The molecule has 0 amide bonds. The molecule has 1 fully saturated rings. The summed E-state index contributed by atoms with van der Waals surface area (Å²) in [5.41, 5.74) is 0.298. The van der Waals surface area contributed by atoms with Gasteiger partial charge < -0.3 is 13.9 Å². The van der Waals surface area contributed by atoms with Gasteiger partial charge in [-0.1, -0.05) is 0 Å². The summed E-state index contributed by atoms with van der Waals surface area (Å²) in [5.74, 6) is 0.887. The van der Waals surface area contributed by atoms with Crippen molar-refractivity contribution in [2.75, 3.05) is 13.2 Å². The lowest BCUT2D eigenvalue weighted by molar-refractivity contribution is -0.130. The zero-order valence-electron chi connectivity index (χ0n) is 9.80. The fourth-order valence-corrected chi connectivity index (χ4v) is 2.05. The number of esters is 1. The summed E-state index contributed by atoms with van der Waals surface area (Å²) in [6.07, 6.45) is 4.84. The van der Waals surface area contributed by atoms with Crippen molar-refractivity contribution in [3.63, 3.8) is 0 Å². The van der Waals surface area contributed by atoms with E-state index in [9.17, 15) is 4.79 Å². The zero-order valence-corrected chi connectivity index (χ0v) is 9.80. The van der Waals surface area contributed by atoms with Crippen LogP contribution in [-0.2, 0) is 14.3 Å². The number of carbonyl (C=O) groups excluding carboxylic acids is 1. The maximum Gasteiger partial charge on any atom is 0.363 e. The van der Waals surface area contributed by atoms with Crippen LogP contribution in [0.25, 0.3) is 6.08 Å². The highest BCUT2D eigenvalue weighted by atomic mass is 16.6. The fraction of sp³-hybridized carbons (Fsp3) is 0.385. The lowest BCUT2D eigenvalue weighted by Crippen LogP contribution is -2.24. The first-order chi connectivity index (χ1) is 8.83. The molecule has 0 radical (unpaired) electrons. The predicted octanol–water partition coefficient (Wildman–Crippen LogP) is 2.00. The van der Waals surface area contributed by atoms with E-state index in [0.29, 0.717) is 30.6 Å². The Hall–Kier alpha value is -1.88. The third kappa shape index (κ3) is 2.22. The Labute approximate surface area is 104 Å². The molecule has 1 aromatic rings. The first kappa shape index (κ1) is 11.2. The molecule has 0 saturated carbocycles. The van der Waals surface area contributed by atoms with Crippen LogP contribution >= 0.6 is 0 Å². The second kappa shape index (κ2) is 4.78. The highest BCUT2D eigenvalue weighted by Crippen LogP contribution is 2.24. The van der Waals surface area contributed by atoms with Crippen molar-refractivity contribution in [1.82, 2.24) is 0 Å². The van der Waals surface area contributed by atoms with Crippen molar-refractivity contribution in [1.29, 1.82) is 0 Å². The summed E-state index contributed by atoms with van der Waals surface area (Å²) < 4.78 is 15.6. The first-order valence-corrected chi connectivity index (χ1v) is 5.96. The lowest BCUT2D eigenvalue weighted by Gasteiger charge is -2.20. The van der Waals surface area contributed by atoms with Gasteiger partial charge in [-0.15, -0.1) is 0 Å². The van der Waals surface area contributed by atoms with Gasteiger partial charge in [0.25, 0.3) is 0 Å². The number of hydrogen-bond donors (Lipinski definition) is 0. The Morgan fingerprint density at radius 2 is 2.17 bits per heavy atom. The summed E-state index contributed by atoms with van der Waals surface area (Å²) in [6, 6.07) is 3.53. The van der Waals surface area contributed by atoms with Gasteiger partial charge in [0.1, 0.15) is 5.76 Å². The average molecular weight is 247 g/mol. The number of hydrogen-bond acceptors (Lipinski definition) is 5. The predicted molar refractivity (Wildman–Crippen MR) is 63.8 cm³/mol. The van der Waals surface area contributed by atoms with Crippen LogP contribution in [0.5, 0.6) is 0 Å². The van der Waals surface area contributed by atoms with Gasteiger partial charge in [0.2, 0.25) is 5.90 Å². The highest BCUT2D eigenvalue weighted by Gasteiger charge is 2.30. The Bertz CT molecular complexity index is 495. The molecule has 0 aliphatic carbocycles. The van der Waals surface area contributed by atoms with E-state index in [1.165, 1.54) is 0 Å². The van der Waals surface area contributed by atoms with Crippen LogP contribution in [0.3, 0.4) is 0 Å². The molecular formula is C13H13NO4. The molecule has 1 aromatic heterocycles. The molecular weight excluding hydrogens is 234 g/mol. The van der Waals surface area contributed by atoms with Gasteiger partial charge in [-0.25, -0.2) is 9.79 Å². The minimum absolute atomic E-state index is 0.185. The SMILES string of the molecule is O=C1OC(C2CCOCC2)=N/C1=C/c1ccco1. The van der Waals surface area contributed by atoms with Crippen LogP contribution in [-0.4, -0.2) is 25.1 Å². The maximum atomic E-state index is 11.7. The van der Waals surface area contributed by atoms with Gasteiger partial charge in [-0.3, -0.25) is 0 Å². The van der Waals surface area contributed by atoms with Gasteiger partial charge in [0.05, 0.1) is 6.26 Å². The summed E-state index contributed by atoms with van der Waals surface area (Å²) in [4.78, 5) is 15.9. The number of carbonyl (C=O) groups is 1. The third-order valence-corrected chi connectivity index (χ3v) is 3.03. The molecule has 1 saturated heterocycles. The molecule has 3 heterocycles. The minimum atomic E-state index is -0.409. The summed E-state index contributed by atoms with van der Waals surface area (Å²) in [6.45, 7) is 1.39. The number of furan rings is 1. The van der Waals surface area contributed by atoms with Crippen molar-refractivity contribution in [3.05, 3.63) is 29.9 Å². The Morgan fingerprint density at radius 3 is 2.89 bits per heavy atom. The quantitative estimate of drug-likeness (QED) is 0.592. The number of nitrogens with zero attached hydrogens (tertiary/aromatic N) is 1. The second-order valence-electron chi connectivity index (χ2n) is 4.27. The Kier molecular flexibility index (Phi) is 2.98. The molecule has 0 bridgehead atoms. The molecule has 18 heavy (non-hydrogen) atoms. The molecule has 5 nitrogen and oxygen atoms in total. The Morgan fingerprint density at radius 1 is 1.33 bits per heavy atom. The van der Waals surface area contributed by atoms with Gasteiger partial charge in [-0.05, 0) is 25.0 Å². The third-order valence-electron chi connectivity index (χ3n) is 3.03. The summed E-state index contributed by atoms with van der Waals surface area (Å²) >= 11 is 0. The molecule has 2 aliphatic heterocycles. The van der Waals surface area contributed by atoms with Crippen LogP contribution in [0, 0.1) is 5.92 Å². The Balaban J connectivity index is 1.80. The number of rotatable bonds is 2. The van der Waals surface area contributed by atoms with Gasteiger partial charge >= 0.3 is 5.97 Å². The normalized spacial score (nSPS) is 23.2. The minimum Gasteiger partial charge on any atom is -0.465 e. The van der Waals surface area contributed by atoms with E-state index in [1.54, 1.807) is 24.5 Å². The molecule has 94 valence electrons. The molecule has 3 rings (SSSR count). The fourth-order valence-electron chi connectivity index (χ4n) is 2.05. The second-order valence-corrected chi connectivity index (χ2v) is 4.27. The number of cyclic esters (lactones) is 1. The molecule has 0 spiro atoms. The molecule has 0 aromatic carbocycles. The molecule has 0 atom stereocenters. The van der Waals surface area contributed by atoms with Crippen LogP contribution in [0.4, 0.5) is 0 Å². The van der Waals surface area contributed by atoms with Gasteiger partial charge in [0.15, 0.2) is 5.70 Å². The van der Waals surface area contributed by atoms with Crippen LogP contribution in [0.2, 0.25) is 0 Å². The van der Waals surface area contributed by atoms with Crippen LogP contribution < -0.4 is 0 Å². The molecule has 5 heteroatoms. The van der Waals surface area contributed by atoms with Crippen molar-refractivity contribution < 1.29 is 18.7 Å². The van der Waals surface area contributed by atoms with Gasteiger partial charge in [0, 0.05) is 25.2 Å². The monoisotopic (exact) mass is 247 g/mol. The van der Waals surface area contributed by atoms with Crippen molar-refractivity contribution in [2.24, 2.45) is 10.9 Å². The highest BCUT2D eigenvalue weighted by molar-refractivity contribution is 6.07. The number of ether oxygens (including phenoxy) is 2. The average Bonchev–Trinajstić information content (AvgIpc) is 3.02. The standard InChI is InChI=1S/C13H13NO4/c15-13-11(8-10-2-1-5-17-10)14-12(18-13)9-3-6-16-7-4-9/h1-2,5,8-9H,3-4,6-7H2/b11-8+. The topological polar surface area (TPSA) is 61.0 Å².